The van der Waals surface area contributed by atoms with Gasteiger partial charge in [0.25, 0.3) is 0 Å². The van der Waals surface area contributed by atoms with E-state index in [1.807, 2.05) is 24.8 Å². The Labute approximate surface area is 151 Å². The molecule has 1 aliphatic rings. The zero-order chi connectivity index (χ0) is 17.6. The quantitative estimate of drug-likeness (QED) is 0.834. The van der Waals surface area contributed by atoms with Crippen LogP contribution in [0.4, 0.5) is 0 Å². The summed E-state index contributed by atoms with van der Waals surface area (Å²) in [6, 6.07) is 5.16. The fraction of sp³-hybridized carbons (Fsp3) is 0.524. The van der Waals surface area contributed by atoms with Crippen molar-refractivity contribution in [2.24, 2.45) is 0 Å². The molecule has 0 spiro atoms. The highest BCUT2D eigenvalue weighted by Gasteiger charge is 2.20. The Balaban J connectivity index is 1.54. The smallest absolute Gasteiger partial charge is 0.0313 e. The van der Waals surface area contributed by atoms with Crippen LogP contribution in [0.1, 0.15) is 41.5 Å². The van der Waals surface area contributed by atoms with Gasteiger partial charge < -0.3 is 0 Å². The van der Waals surface area contributed by atoms with Crippen molar-refractivity contribution >= 4 is 0 Å². The lowest BCUT2D eigenvalue weighted by molar-refractivity contribution is 0.206. The molecule has 0 bridgehead atoms. The minimum absolute atomic E-state index is 0.654. The van der Waals surface area contributed by atoms with Gasteiger partial charge >= 0.3 is 0 Å². The van der Waals surface area contributed by atoms with E-state index in [0.717, 1.165) is 19.6 Å². The molecule has 4 nitrogen and oxygen atoms in total. The maximum Gasteiger partial charge on any atom is 0.0313 e. The summed E-state index contributed by atoms with van der Waals surface area (Å²) in [5.74, 6) is 0. The standard InChI is InChI=1S/C21H30N4/c1-17-9-19(13-22-11-17)15-24(3)21-5-4-7-25(8-6-21)16-20-10-18(2)12-23-14-20/h9-14,21H,4-8,15-16H2,1-3H3/t21-/m1/s1. The van der Waals surface area contributed by atoms with Crippen molar-refractivity contribution < 1.29 is 0 Å². The molecule has 1 atom stereocenters. The van der Waals surface area contributed by atoms with Crippen LogP contribution in [0.5, 0.6) is 0 Å². The number of hydrogen-bond acceptors (Lipinski definition) is 4. The summed E-state index contributed by atoms with van der Waals surface area (Å²) in [4.78, 5) is 13.7. The van der Waals surface area contributed by atoms with E-state index >= 15 is 0 Å². The Bertz CT molecular complexity index is 685. The highest BCUT2D eigenvalue weighted by atomic mass is 15.2. The van der Waals surface area contributed by atoms with Crippen molar-refractivity contribution in [3.8, 4) is 0 Å². The molecule has 1 saturated heterocycles. The topological polar surface area (TPSA) is 32.3 Å². The zero-order valence-corrected chi connectivity index (χ0v) is 15.8. The second-order valence-corrected chi connectivity index (χ2v) is 7.52. The van der Waals surface area contributed by atoms with Crippen LogP contribution in [0.15, 0.2) is 36.9 Å². The zero-order valence-electron chi connectivity index (χ0n) is 15.8. The SMILES string of the molecule is Cc1cncc(CN2CCC[C@@H](N(C)Cc3cncc(C)c3)CC2)c1. The van der Waals surface area contributed by atoms with E-state index in [2.05, 4.69) is 52.8 Å². The Kier molecular flexibility index (Phi) is 6.16. The maximum atomic E-state index is 4.33. The minimum atomic E-state index is 0.654. The summed E-state index contributed by atoms with van der Waals surface area (Å²) in [6.45, 7) is 8.58. The van der Waals surface area contributed by atoms with Gasteiger partial charge in [0.05, 0.1) is 0 Å². The highest BCUT2D eigenvalue weighted by molar-refractivity contribution is 5.17. The number of aryl methyl sites for hydroxylation is 2. The molecule has 2 aromatic heterocycles. The third-order valence-electron chi connectivity index (χ3n) is 5.11. The van der Waals surface area contributed by atoms with E-state index in [4.69, 9.17) is 0 Å². The summed E-state index contributed by atoms with van der Waals surface area (Å²) in [5.41, 5.74) is 5.13. The van der Waals surface area contributed by atoms with Crippen molar-refractivity contribution in [3.63, 3.8) is 0 Å². The van der Waals surface area contributed by atoms with Gasteiger partial charge in [-0.05, 0) is 75.5 Å². The highest BCUT2D eigenvalue weighted by Crippen LogP contribution is 2.19. The largest absolute Gasteiger partial charge is 0.299 e. The fourth-order valence-corrected chi connectivity index (χ4v) is 3.82. The average Bonchev–Trinajstić information content (AvgIpc) is 2.80. The first-order valence-corrected chi connectivity index (χ1v) is 9.34. The van der Waals surface area contributed by atoms with Crippen molar-refractivity contribution in [1.82, 2.24) is 19.8 Å². The van der Waals surface area contributed by atoms with Crippen LogP contribution in [0.25, 0.3) is 0 Å². The van der Waals surface area contributed by atoms with E-state index in [-0.39, 0.29) is 0 Å². The molecule has 0 aliphatic carbocycles. The first-order valence-electron chi connectivity index (χ1n) is 9.34. The summed E-state index contributed by atoms with van der Waals surface area (Å²) < 4.78 is 0. The molecule has 3 rings (SSSR count). The fourth-order valence-electron chi connectivity index (χ4n) is 3.82. The van der Waals surface area contributed by atoms with Gasteiger partial charge in [0.2, 0.25) is 0 Å². The first-order chi connectivity index (χ1) is 12.1. The lowest BCUT2D eigenvalue weighted by Crippen LogP contribution is -2.32. The van der Waals surface area contributed by atoms with Crippen LogP contribution >= 0.6 is 0 Å². The lowest BCUT2D eigenvalue weighted by Gasteiger charge is -2.27. The first kappa shape index (κ1) is 18.0. The molecule has 1 aliphatic heterocycles. The number of aromatic nitrogens is 2. The van der Waals surface area contributed by atoms with Gasteiger partial charge in [-0.3, -0.25) is 19.8 Å². The molecule has 0 radical (unpaired) electrons. The molecule has 25 heavy (non-hydrogen) atoms. The van der Waals surface area contributed by atoms with Gasteiger partial charge in [0.1, 0.15) is 0 Å². The molecule has 0 N–H and O–H groups in total. The van der Waals surface area contributed by atoms with Crippen LogP contribution in [0.2, 0.25) is 0 Å². The van der Waals surface area contributed by atoms with Gasteiger partial charge in [-0.2, -0.15) is 0 Å². The van der Waals surface area contributed by atoms with Crippen molar-refractivity contribution in [3.05, 3.63) is 59.2 Å². The molecule has 1 fully saturated rings. The van der Waals surface area contributed by atoms with Gasteiger partial charge in [0.15, 0.2) is 0 Å². The normalized spacial score (nSPS) is 19.1. The summed E-state index contributed by atoms with van der Waals surface area (Å²) in [7, 11) is 2.26. The average molecular weight is 338 g/mol. The third kappa shape index (κ3) is 5.35. The van der Waals surface area contributed by atoms with Gasteiger partial charge in [-0.25, -0.2) is 0 Å². The van der Waals surface area contributed by atoms with Crippen molar-refractivity contribution in [1.29, 1.82) is 0 Å². The van der Waals surface area contributed by atoms with Crippen LogP contribution in [-0.4, -0.2) is 45.9 Å². The van der Waals surface area contributed by atoms with Crippen LogP contribution in [0.3, 0.4) is 0 Å². The van der Waals surface area contributed by atoms with Gasteiger partial charge in [-0.15, -0.1) is 0 Å². The Hall–Kier alpha value is -1.78. The number of nitrogens with zero attached hydrogens (tertiary/aromatic N) is 4. The summed E-state index contributed by atoms with van der Waals surface area (Å²) in [5, 5.41) is 0. The Morgan fingerprint density at radius 2 is 1.64 bits per heavy atom. The number of rotatable bonds is 5. The summed E-state index contributed by atoms with van der Waals surface area (Å²) in [6.07, 6.45) is 11.6. The van der Waals surface area contributed by atoms with Gasteiger partial charge in [-0.1, -0.05) is 12.1 Å². The van der Waals surface area contributed by atoms with E-state index in [1.54, 1.807) is 0 Å². The molecule has 3 heterocycles. The van der Waals surface area contributed by atoms with Crippen LogP contribution in [0, 0.1) is 13.8 Å². The lowest BCUT2D eigenvalue weighted by atomic mass is 10.1. The van der Waals surface area contributed by atoms with Crippen LogP contribution < -0.4 is 0 Å². The second-order valence-electron chi connectivity index (χ2n) is 7.52. The molecule has 134 valence electrons. The van der Waals surface area contributed by atoms with Crippen molar-refractivity contribution in [2.45, 2.75) is 52.2 Å². The molecule has 2 aromatic rings. The Morgan fingerprint density at radius 3 is 2.36 bits per heavy atom. The number of likely N-dealkylation sites (tertiary alicyclic amines) is 1. The second kappa shape index (κ2) is 8.54. The third-order valence-corrected chi connectivity index (χ3v) is 5.11. The Morgan fingerprint density at radius 1 is 0.960 bits per heavy atom. The number of hydrogen-bond donors (Lipinski definition) is 0. The van der Waals surface area contributed by atoms with E-state index in [9.17, 15) is 0 Å². The molecular formula is C21H30N4. The van der Waals surface area contributed by atoms with E-state index in [0.29, 0.717) is 6.04 Å². The molecule has 4 heteroatoms. The predicted octanol–water partition coefficient (Wildman–Crippen LogP) is 3.58. The van der Waals surface area contributed by atoms with Gasteiger partial charge in [0, 0.05) is 43.9 Å². The number of pyridine rings is 2. The predicted molar refractivity (Wildman–Crippen MR) is 102 cm³/mol. The minimum Gasteiger partial charge on any atom is -0.299 e. The van der Waals surface area contributed by atoms with E-state index in [1.165, 1.54) is 48.1 Å². The monoisotopic (exact) mass is 338 g/mol. The van der Waals surface area contributed by atoms with E-state index < -0.39 is 0 Å². The molecule has 0 unspecified atom stereocenters. The molecule has 0 aromatic carbocycles. The van der Waals surface area contributed by atoms with Crippen molar-refractivity contribution in [2.75, 3.05) is 20.1 Å². The molecular weight excluding hydrogens is 308 g/mol. The molecule has 0 amide bonds. The summed E-state index contributed by atoms with van der Waals surface area (Å²) >= 11 is 0. The maximum absolute atomic E-state index is 4.33. The van der Waals surface area contributed by atoms with Crippen LogP contribution in [-0.2, 0) is 13.1 Å². The molecule has 0 saturated carbocycles.